The highest BCUT2D eigenvalue weighted by Crippen LogP contribution is 2.35. The van der Waals surface area contributed by atoms with Gasteiger partial charge in [0.15, 0.2) is 0 Å². The monoisotopic (exact) mass is 380 g/mol. The summed E-state index contributed by atoms with van der Waals surface area (Å²) in [6.07, 6.45) is 5.57. The SMILES string of the molecule is NCC(NCCC1CCC1)c1cc(Br)c(Br)s1. The van der Waals surface area contributed by atoms with Crippen LogP contribution < -0.4 is 11.1 Å². The summed E-state index contributed by atoms with van der Waals surface area (Å²) in [5.74, 6) is 0.961. The van der Waals surface area contributed by atoms with Gasteiger partial charge in [0.1, 0.15) is 0 Å². The van der Waals surface area contributed by atoms with Gasteiger partial charge < -0.3 is 11.1 Å². The first-order chi connectivity index (χ1) is 8.20. The van der Waals surface area contributed by atoms with Crippen molar-refractivity contribution in [3.8, 4) is 0 Å². The minimum atomic E-state index is 0.294. The Balaban J connectivity index is 1.82. The second-order valence-corrected chi connectivity index (χ2v) is 7.85. The summed E-state index contributed by atoms with van der Waals surface area (Å²) in [5, 5.41) is 3.57. The van der Waals surface area contributed by atoms with Gasteiger partial charge in [-0.15, -0.1) is 11.3 Å². The van der Waals surface area contributed by atoms with Crippen LogP contribution in [0.5, 0.6) is 0 Å². The zero-order chi connectivity index (χ0) is 12.3. The van der Waals surface area contributed by atoms with Gasteiger partial charge >= 0.3 is 0 Å². The van der Waals surface area contributed by atoms with E-state index >= 15 is 0 Å². The van der Waals surface area contributed by atoms with Crippen molar-refractivity contribution in [3.05, 3.63) is 19.2 Å². The minimum absolute atomic E-state index is 0.294. The fraction of sp³-hybridized carbons (Fsp3) is 0.667. The molecular formula is C12H18Br2N2S. The van der Waals surface area contributed by atoms with Crippen molar-refractivity contribution < 1.29 is 0 Å². The number of nitrogens with one attached hydrogen (secondary N) is 1. The first-order valence-corrected chi connectivity index (χ1v) is 8.49. The maximum atomic E-state index is 5.84. The van der Waals surface area contributed by atoms with Gasteiger partial charge in [0.05, 0.1) is 9.83 Å². The van der Waals surface area contributed by atoms with Crippen LogP contribution in [0.15, 0.2) is 14.3 Å². The minimum Gasteiger partial charge on any atom is -0.329 e. The summed E-state index contributed by atoms with van der Waals surface area (Å²) in [6.45, 7) is 1.74. The second kappa shape index (κ2) is 6.66. The molecule has 3 N–H and O–H groups in total. The Kier molecular flexibility index (Phi) is 5.49. The first-order valence-electron chi connectivity index (χ1n) is 6.09. The van der Waals surface area contributed by atoms with Crippen molar-refractivity contribution in [2.24, 2.45) is 11.7 Å². The molecule has 96 valence electrons. The summed E-state index contributed by atoms with van der Waals surface area (Å²) in [6, 6.07) is 2.45. The second-order valence-electron chi connectivity index (χ2n) is 4.60. The zero-order valence-electron chi connectivity index (χ0n) is 9.72. The Morgan fingerprint density at radius 3 is 2.71 bits per heavy atom. The van der Waals surface area contributed by atoms with E-state index < -0.39 is 0 Å². The topological polar surface area (TPSA) is 38.0 Å². The molecule has 0 amide bonds. The number of halogens is 2. The molecule has 0 spiro atoms. The van der Waals surface area contributed by atoms with Gasteiger partial charge in [-0.05, 0) is 56.8 Å². The molecule has 1 saturated carbocycles. The third-order valence-corrected chi connectivity index (χ3v) is 6.78. The predicted octanol–water partition coefficient (Wildman–Crippen LogP) is 4.05. The average molecular weight is 382 g/mol. The van der Waals surface area contributed by atoms with E-state index in [0.717, 1.165) is 20.7 Å². The zero-order valence-corrected chi connectivity index (χ0v) is 13.7. The molecule has 2 rings (SSSR count). The molecular weight excluding hydrogens is 364 g/mol. The number of hydrogen-bond donors (Lipinski definition) is 2. The standard InChI is InChI=1S/C12H18Br2N2S/c13-9-6-11(17-12(9)14)10(7-15)16-5-4-8-2-1-3-8/h6,8,10,16H,1-5,7,15H2. The molecule has 0 saturated heterocycles. The van der Waals surface area contributed by atoms with E-state index in [1.165, 1.54) is 30.6 Å². The molecule has 1 aliphatic carbocycles. The van der Waals surface area contributed by atoms with Crippen LogP contribution in [0.1, 0.15) is 36.6 Å². The molecule has 1 fully saturated rings. The number of hydrogen-bond acceptors (Lipinski definition) is 3. The van der Waals surface area contributed by atoms with E-state index in [1.807, 2.05) is 0 Å². The van der Waals surface area contributed by atoms with Crippen molar-refractivity contribution in [2.75, 3.05) is 13.1 Å². The third-order valence-electron chi connectivity index (χ3n) is 3.41. The van der Waals surface area contributed by atoms with Gasteiger partial charge in [-0.2, -0.15) is 0 Å². The van der Waals surface area contributed by atoms with E-state index in [9.17, 15) is 0 Å². The summed E-state index contributed by atoms with van der Waals surface area (Å²) in [7, 11) is 0. The molecule has 0 bridgehead atoms. The maximum absolute atomic E-state index is 5.84. The molecule has 1 atom stereocenters. The Morgan fingerprint density at radius 2 is 2.24 bits per heavy atom. The molecule has 0 aliphatic heterocycles. The van der Waals surface area contributed by atoms with Gasteiger partial charge in [-0.25, -0.2) is 0 Å². The van der Waals surface area contributed by atoms with Crippen LogP contribution in [0, 0.1) is 5.92 Å². The van der Waals surface area contributed by atoms with Crippen molar-refractivity contribution >= 4 is 43.2 Å². The molecule has 1 unspecified atom stereocenters. The van der Waals surface area contributed by atoms with E-state index in [0.29, 0.717) is 12.6 Å². The number of thiophene rings is 1. The molecule has 1 aliphatic rings. The van der Waals surface area contributed by atoms with Crippen molar-refractivity contribution in [1.29, 1.82) is 0 Å². The molecule has 1 aromatic rings. The predicted molar refractivity (Wildman–Crippen MR) is 81.5 cm³/mol. The molecule has 1 heterocycles. The first kappa shape index (κ1) is 14.0. The Bertz CT molecular complexity index is 344. The lowest BCUT2D eigenvalue weighted by atomic mass is 9.83. The van der Waals surface area contributed by atoms with Gasteiger partial charge in [0, 0.05) is 15.9 Å². The van der Waals surface area contributed by atoms with Crippen LogP contribution in [0.2, 0.25) is 0 Å². The lowest BCUT2D eigenvalue weighted by Gasteiger charge is -2.26. The molecule has 17 heavy (non-hydrogen) atoms. The van der Waals surface area contributed by atoms with Gasteiger partial charge in [0.2, 0.25) is 0 Å². The summed E-state index contributed by atoms with van der Waals surface area (Å²) in [4.78, 5) is 1.31. The van der Waals surface area contributed by atoms with Crippen LogP contribution in [0.4, 0.5) is 0 Å². The van der Waals surface area contributed by atoms with Gasteiger partial charge in [0.25, 0.3) is 0 Å². The number of rotatable bonds is 6. The fourth-order valence-electron chi connectivity index (χ4n) is 2.08. The highest BCUT2D eigenvalue weighted by atomic mass is 79.9. The van der Waals surface area contributed by atoms with Crippen molar-refractivity contribution in [3.63, 3.8) is 0 Å². The van der Waals surface area contributed by atoms with E-state index in [1.54, 1.807) is 11.3 Å². The lowest BCUT2D eigenvalue weighted by Crippen LogP contribution is -2.30. The quantitative estimate of drug-likeness (QED) is 0.779. The van der Waals surface area contributed by atoms with Crippen LogP contribution in [0.25, 0.3) is 0 Å². The largest absolute Gasteiger partial charge is 0.329 e. The number of nitrogens with two attached hydrogens (primary N) is 1. The fourth-order valence-corrected chi connectivity index (χ4v) is 4.26. The molecule has 0 aromatic carbocycles. The summed E-state index contributed by atoms with van der Waals surface area (Å²) in [5.41, 5.74) is 5.84. The van der Waals surface area contributed by atoms with Crippen LogP contribution >= 0.6 is 43.2 Å². The summed E-state index contributed by atoms with van der Waals surface area (Å²) >= 11 is 8.80. The smallest absolute Gasteiger partial charge is 0.0843 e. The van der Waals surface area contributed by atoms with E-state index in [2.05, 4.69) is 43.2 Å². The lowest BCUT2D eigenvalue weighted by molar-refractivity contribution is 0.288. The van der Waals surface area contributed by atoms with Crippen LogP contribution in [-0.4, -0.2) is 13.1 Å². The molecule has 0 radical (unpaired) electrons. The average Bonchev–Trinajstić information content (AvgIpc) is 2.56. The maximum Gasteiger partial charge on any atom is 0.0843 e. The summed E-state index contributed by atoms with van der Waals surface area (Å²) < 4.78 is 2.27. The molecule has 2 nitrogen and oxygen atoms in total. The van der Waals surface area contributed by atoms with E-state index in [4.69, 9.17) is 5.73 Å². The van der Waals surface area contributed by atoms with Crippen LogP contribution in [0.3, 0.4) is 0 Å². The van der Waals surface area contributed by atoms with Crippen molar-refractivity contribution in [1.82, 2.24) is 5.32 Å². The van der Waals surface area contributed by atoms with Crippen LogP contribution in [-0.2, 0) is 0 Å². The molecule has 5 heteroatoms. The highest BCUT2D eigenvalue weighted by molar-refractivity contribution is 9.13. The Morgan fingerprint density at radius 1 is 1.47 bits per heavy atom. The van der Waals surface area contributed by atoms with Crippen molar-refractivity contribution in [2.45, 2.75) is 31.7 Å². The molecule has 1 aromatic heterocycles. The third kappa shape index (κ3) is 3.77. The highest BCUT2D eigenvalue weighted by Gasteiger charge is 2.18. The Hall–Kier alpha value is 0.580. The van der Waals surface area contributed by atoms with Gasteiger partial charge in [-0.3, -0.25) is 0 Å². The van der Waals surface area contributed by atoms with E-state index in [-0.39, 0.29) is 0 Å². The normalized spacial score (nSPS) is 18.1. The van der Waals surface area contributed by atoms with Gasteiger partial charge in [-0.1, -0.05) is 19.3 Å². The Labute approximate surface area is 124 Å².